The van der Waals surface area contributed by atoms with Gasteiger partial charge in [-0.05, 0) is 24.3 Å². The number of Topliss-reactive ketones (excluding diaryl/α,β-unsaturated/α-hetero) is 1. The van der Waals surface area contributed by atoms with E-state index in [0.29, 0.717) is 11.2 Å². The number of alkyl halides is 2. The van der Waals surface area contributed by atoms with Gasteiger partial charge in [0.05, 0.1) is 4.92 Å². The zero-order valence-electron chi connectivity index (χ0n) is 11.5. The number of imidazole rings is 1. The summed E-state index contributed by atoms with van der Waals surface area (Å²) >= 11 is 0. The number of aromatic nitrogens is 2. The van der Waals surface area contributed by atoms with E-state index in [1.165, 1.54) is 34.9 Å². The van der Waals surface area contributed by atoms with Crippen molar-refractivity contribution in [1.29, 1.82) is 0 Å². The van der Waals surface area contributed by atoms with Gasteiger partial charge in [0.2, 0.25) is 5.78 Å². The molecule has 2 aromatic heterocycles. The topological polar surface area (TPSA) is 77.5 Å². The summed E-state index contributed by atoms with van der Waals surface area (Å²) in [5, 5.41) is 10.7. The van der Waals surface area contributed by atoms with Gasteiger partial charge in [0.1, 0.15) is 17.0 Å². The van der Waals surface area contributed by atoms with Crippen LogP contribution in [0.5, 0.6) is 0 Å². The van der Waals surface area contributed by atoms with Crippen LogP contribution in [0.4, 0.5) is 14.5 Å². The molecule has 8 heteroatoms. The summed E-state index contributed by atoms with van der Waals surface area (Å²) in [5.41, 5.74) is 0.369. The highest BCUT2D eigenvalue weighted by molar-refractivity contribution is 6.03. The normalized spacial score (nSPS) is 11.1. The fourth-order valence-electron chi connectivity index (χ4n) is 2.28. The molecular formula is C15H9F2N3O3. The van der Waals surface area contributed by atoms with Crippen LogP contribution >= 0.6 is 0 Å². The number of nitrogens with zero attached hydrogens (tertiary/aromatic N) is 3. The SMILES string of the molecule is O=C(c1c(-c2ccc([N+](=O)[O-])cc2)nc2ccccn12)C(F)F. The maximum Gasteiger partial charge on any atom is 0.302 e. The third-order valence-electron chi connectivity index (χ3n) is 3.31. The summed E-state index contributed by atoms with van der Waals surface area (Å²) < 4.78 is 27.1. The molecule has 0 aliphatic rings. The first kappa shape index (κ1) is 14.8. The molecule has 1 aromatic carbocycles. The van der Waals surface area contributed by atoms with Crippen LogP contribution in [-0.4, -0.2) is 26.5 Å². The molecular weight excluding hydrogens is 308 g/mol. The van der Waals surface area contributed by atoms with Crippen molar-refractivity contribution >= 4 is 17.1 Å². The van der Waals surface area contributed by atoms with Gasteiger partial charge in [0, 0.05) is 23.9 Å². The van der Waals surface area contributed by atoms with E-state index in [1.807, 2.05) is 0 Å². The molecule has 0 radical (unpaired) electrons. The lowest BCUT2D eigenvalue weighted by Gasteiger charge is -2.03. The van der Waals surface area contributed by atoms with Gasteiger partial charge in [-0.1, -0.05) is 6.07 Å². The van der Waals surface area contributed by atoms with Gasteiger partial charge in [-0.25, -0.2) is 13.8 Å². The molecule has 0 N–H and O–H groups in total. The second-order valence-electron chi connectivity index (χ2n) is 4.71. The molecule has 0 spiro atoms. The van der Waals surface area contributed by atoms with Crippen molar-refractivity contribution in [3.63, 3.8) is 0 Å². The Bertz CT molecular complexity index is 904. The first-order valence-electron chi connectivity index (χ1n) is 6.53. The second kappa shape index (κ2) is 5.56. The Morgan fingerprint density at radius 1 is 1.17 bits per heavy atom. The minimum absolute atomic E-state index is 0.0661. The van der Waals surface area contributed by atoms with Crippen molar-refractivity contribution in [2.45, 2.75) is 6.43 Å². The highest BCUT2D eigenvalue weighted by Gasteiger charge is 2.27. The van der Waals surface area contributed by atoms with E-state index in [-0.39, 0.29) is 17.1 Å². The monoisotopic (exact) mass is 317 g/mol. The van der Waals surface area contributed by atoms with Crippen molar-refractivity contribution in [3.05, 3.63) is 64.5 Å². The van der Waals surface area contributed by atoms with Crippen LogP contribution in [0.3, 0.4) is 0 Å². The Morgan fingerprint density at radius 3 is 2.48 bits per heavy atom. The number of nitro benzene ring substituents is 1. The van der Waals surface area contributed by atoms with Crippen molar-refractivity contribution < 1.29 is 18.5 Å². The van der Waals surface area contributed by atoms with Crippen LogP contribution in [0.15, 0.2) is 48.7 Å². The van der Waals surface area contributed by atoms with Crippen LogP contribution in [0.1, 0.15) is 10.5 Å². The fraction of sp³-hybridized carbons (Fsp3) is 0.0667. The number of hydrogen-bond donors (Lipinski definition) is 0. The third kappa shape index (κ3) is 2.54. The van der Waals surface area contributed by atoms with Gasteiger partial charge in [-0.15, -0.1) is 0 Å². The van der Waals surface area contributed by atoms with Crippen LogP contribution in [-0.2, 0) is 0 Å². The van der Waals surface area contributed by atoms with Crippen LogP contribution in [0, 0.1) is 10.1 Å². The fourth-order valence-corrected chi connectivity index (χ4v) is 2.28. The Kier molecular flexibility index (Phi) is 3.57. The summed E-state index contributed by atoms with van der Waals surface area (Å²) in [6.07, 6.45) is -1.71. The minimum Gasteiger partial charge on any atom is -0.296 e. The average Bonchev–Trinajstić information content (AvgIpc) is 2.93. The van der Waals surface area contributed by atoms with E-state index in [1.54, 1.807) is 18.2 Å². The Labute approximate surface area is 128 Å². The lowest BCUT2D eigenvalue weighted by atomic mass is 10.1. The first-order chi connectivity index (χ1) is 11.0. The zero-order valence-corrected chi connectivity index (χ0v) is 11.5. The van der Waals surface area contributed by atoms with Crippen LogP contribution < -0.4 is 0 Å². The van der Waals surface area contributed by atoms with E-state index >= 15 is 0 Å². The Morgan fingerprint density at radius 2 is 1.87 bits per heavy atom. The second-order valence-corrected chi connectivity index (χ2v) is 4.71. The van der Waals surface area contributed by atoms with Gasteiger partial charge < -0.3 is 0 Å². The van der Waals surface area contributed by atoms with Crippen molar-refractivity contribution in [2.24, 2.45) is 0 Å². The van der Waals surface area contributed by atoms with Gasteiger partial charge in [-0.3, -0.25) is 19.3 Å². The molecule has 0 bridgehead atoms. The number of hydrogen-bond acceptors (Lipinski definition) is 4. The molecule has 23 heavy (non-hydrogen) atoms. The number of ketones is 1. The maximum absolute atomic E-state index is 12.9. The standard InChI is InChI=1S/C15H9F2N3O3/c16-15(17)14(21)13-12(18-11-3-1-2-8-19(11)13)9-4-6-10(7-5-9)20(22)23/h1-8,15H. The van der Waals surface area contributed by atoms with Gasteiger partial charge in [0.25, 0.3) is 5.69 Å². The molecule has 0 fully saturated rings. The number of fused-ring (bicyclic) bond motifs is 1. The maximum atomic E-state index is 12.9. The summed E-state index contributed by atoms with van der Waals surface area (Å²) in [5.74, 6) is -1.35. The van der Waals surface area contributed by atoms with E-state index in [4.69, 9.17) is 0 Å². The number of carbonyl (C=O) groups excluding carboxylic acids is 1. The molecule has 0 atom stereocenters. The molecule has 0 aliphatic heterocycles. The predicted molar refractivity (Wildman–Crippen MR) is 77.6 cm³/mol. The number of non-ortho nitro benzene ring substituents is 1. The molecule has 0 aliphatic carbocycles. The largest absolute Gasteiger partial charge is 0.302 e. The summed E-state index contributed by atoms with van der Waals surface area (Å²) in [6.45, 7) is 0. The number of halogens is 2. The number of nitro groups is 1. The van der Waals surface area contributed by atoms with Crippen LogP contribution in [0.25, 0.3) is 16.9 Å². The average molecular weight is 317 g/mol. The van der Waals surface area contributed by atoms with Crippen molar-refractivity contribution in [1.82, 2.24) is 9.38 Å². The third-order valence-corrected chi connectivity index (χ3v) is 3.31. The molecule has 0 saturated carbocycles. The zero-order chi connectivity index (χ0) is 16.6. The van der Waals surface area contributed by atoms with E-state index in [0.717, 1.165) is 0 Å². The van der Waals surface area contributed by atoms with E-state index in [9.17, 15) is 23.7 Å². The predicted octanol–water partition coefficient (Wildman–Crippen LogP) is 3.36. The summed E-state index contributed by atoms with van der Waals surface area (Å²) in [7, 11) is 0. The molecule has 116 valence electrons. The number of rotatable bonds is 4. The number of carbonyl (C=O) groups is 1. The Balaban J connectivity index is 2.22. The molecule has 0 amide bonds. The lowest BCUT2D eigenvalue weighted by Crippen LogP contribution is -2.14. The number of benzene rings is 1. The minimum atomic E-state index is -3.17. The van der Waals surface area contributed by atoms with E-state index < -0.39 is 17.1 Å². The molecule has 3 rings (SSSR count). The molecule has 0 unspecified atom stereocenters. The van der Waals surface area contributed by atoms with Crippen molar-refractivity contribution in [3.8, 4) is 11.3 Å². The first-order valence-corrected chi connectivity index (χ1v) is 6.53. The van der Waals surface area contributed by atoms with Crippen LogP contribution in [0.2, 0.25) is 0 Å². The van der Waals surface area contributed by atoms with Gasteiger partial charge >= 0.3 is 6.43 Å². The van der Waals surface area contributed by atoms with Gasteiger partial charge in [-0.2, -0.15) is 0 Å². The summed E-state index contributed by atoms with van der Waals surface area (Å²) in [4.78, 5) is 26.2. The number of pyridine rings is 1. The highest BCUT2D eigenvalue weighted by Crippen LogP contribution is 2.27. The summed E-state index contributed by atoms with van der Waals surface area (Å²) in [6, 6.07) is 10.1. The molecule has 2 heterocycles. The van der Waals surface area contributed by atoms with Crippen molar-refractivity contribution in [2.75, 3.05) is 0 Å². The molecule has 3 aromatic rings. The van der Waals surface area contributed by atoms with Gasteiger partial charge in [0.15, 0.2) is 0 Å². The van der Waals surface area contributed by atoms with E-state index in [2.05, 4.69) is 4.98 Å². The lowest BCUT2D eigenvalue weighted by molar-refractivity contribution is -0.384. The molecule has 6 nitrogen and oxygen atoms in total. The highest BCUT2D eigenvalue weighted by atomic mass is 19.3. The quantitative estimate of drug-likeness (QED) is 0.420. The Hall–Kier alpha value is -3.16. The smallest absolute Gasteiger partial charge is 0.296 e. The molecule has 0 saturated heterocycles.